The van der Waals surface area contributed by atoms with Crippen molar-refractivity contribution in [2.24, 2.45) is 7.05 Å². The highest BCUT2D eigenvalue weighted by atomic mass is 16.5. The lowest BCUT2D eigenvalue weighted by Gasteiger charge is -2.38. The van der Waals surface area contributed by atoms with Crippen LogP contribution >= 0.6 is 0 Å². The van der Waals surface area contributed by atoms with E-state index in [1.165, 1.54) is 11.0 Å². The minimum Gasteiger partial charge on any atom is -0.487 e. The van der Waals surface area contributed by atoms with Gasteiger partial charge in [-0.2, -0.15) is 9.90 Å². The lowest BCUT2D eigenvalue weighted by atomic mass is 9.99. The van der Waals surface area contributed by atoms with Crippen molar-refractivity contribution in [3.05, 3.63) is 29.5 Å². The molecule has 2 aliphatic rings. The molecule has 0 radical (unpaired) electrons. The highest BCUT2D eigenvalue weighted by molar-refractivity contribution is 6.04. The standard InChI is InChI=1S/C19H23N5O4/c1-11(25)24-9-13(10-24)27-15-5-12(6-16-14(15)7-19(2,3)28-16)18(26)21-17-8-20-23(4)22-17/h5-6,8,13H,7,9-10H2,1-4H3,(H,21,22,26). The molecule has 3 heterocycles. The second-order valence-electron chi connectivity index (χ2n) is 7.83. The van der Waals surface area contributed by atoms with Crippen molar-refractivity contribution in [2.45, 2.75) is 38.9 Å². The molecule has 0 saturated carbocycles. The van der Waals surface area contributed by atoms with Gasteiger partial charge in [-0.25, -0.2) is 0 Å². The summed E-state index contributed by atoms with van der Waals surface area (Å²) in [5.74, 6) is 1.36. The third-order valence-electron chi connectivity index (χ3n) is 4.85. The van der Waals surface area contributed by atoms with E-state index >= 15 is 0 Å². The number of aryl methyl sites for hydroxylation is 1. The van der Waals surface area contributed by atoms with Gasteiger partial charge in [-0.3, -0.25) is 9.59 Å². The first-order valence-corrected chi connectivity index (χ1v) is 9.16. The highest BCUT2D eigenvalue weighted by Crippen LogP contribution is 2.42. The van der Waals surface area contributed by atoms with Gasteiger partial charge >= 0.3 is 0 Å². The average molecular weight is 385 g/mol. The molecule has 0 bridgehead atoms. The molecule has 0 atom stereocenters. The summed E-state index contributed by atoms with van der Waals surface area (Å²) in [6, 6.07) is 3.46. The smallest absolute Gasteiger partial charge is 0.257 e. The number of carbonyl (C=O) groups is 2. The lowest BCUT2D eigenvalue weighted by Crippen LogP contribution is -2.55. The minimum atomic E-state index is -0.370. The Morgan fingerprint density at radius 2 is 2.07 bits per heavy atom. The molecule has 4 rings (SSSR count). The van der Waals surface area contributed by atoms with Crippen molar-refractivity contribution in [3.63, 3.8) is 0 Å². The van der Waals surface area contributed by atoms with Crippen LogP contribution in [0.3, 0.4) is 0 Å². The fraction of sp³-hybridized carbons (Fsp3) is 0.474. The molecule has 1 N–H and O–H groups in total. The lowest BCUT2D eigenvalue weighted by molar-refractivity contribution is -0.137. The molecule has 148 valence electrons. The number of anilines is 1. The monoisotopic (exact) mass is 385 g/mol. The maximum Gasteiger partial charge on any atom is 0.257 e. The molecule has 0 spiro atoms. The zero-order valence-corrected chi connectivity index (χ0v) is 16.4. The number of hydrogen-bond donors (Lipinski definition) is 1. The first kappa shape index (κ1) is 18.3. The molecule has 2 amide bonds. The van der Waals surface area contributed by atoms with E-state index in [-0.39, 0.29) is 23.5 Å². The van der Waals surface area contributed by atoms with Crippen LogP contribution in [0.2, 0.25) is 0 Å². The van der Waals surface area contributed by atoms with Gasteiger partial charge in [0.2, 0.25) is 5.91 Å². The van der Waals surface area contributed by atoms with Crippen LogP contribution in [0.4, 0.5) is 5.82 Å². The predicted octanol–water partition coefficient (Wildman–Crippen LogP) is 1.39. The number of ether oxygens (including phenoxy) is 2. The first-order chi connectivity index (χ1) is 13.2. The third-order valence-corrected chi connectivity index (χ3v) is 4.85. The maximum absolute atomic E-state index is 12.7. The van der Waals surface area contributed by atoms with Gasteiger partial charge in [0, 0.05) is 31.5 Å². The van der Waals surface area contributed by atoms with Crippen LogP contribution in [0.1, 0.15) is 36.7 Å². The molecule has 28 heavy (non-hydrogen) atoms. The number of likely N-dealkylation sites (tertiary alicyclic amines) is 1. The van der Waals surface area contributed by atoms with Gasteiger partial charge in [0.1, 0.15) is 23.2 Å². The zero-order chi connectivity index (χ0) is 20.1. The summed E-state index contributed by atoms with van der Waals surface area (Å²) >= 11 is 0. The fourth-order valence-electron chi connectivity index (χ4n) is 3.42. The Bertz CT molecular complexity index is 946. The maximum atomic E-state index is 12.7. The van der Waals surface area contributed by atoms with Gasteiger partial charge in [0.25, 0.3) is 5.91 Å². The van der Waals surface area contributed by atoms with Crippen molar-refractivity contribution in [3.8, 4) is 11.5 Å². The van der Waals surface area contributed by atoms with Gasteiger partial charge in [0.05, 0.1) is 19.3 Å². The van der Waals surface area contributed by atoms with Crippen LogP contribution in [-0.4, -0.2) is 56.5 Å². The number of benzene rings is 1. The number of nitrogens with one attached hydrogen (secondary N) is 1. The highest BCUT2D eigenvalue weighted by Gasteiger charge is 2.36. The Hall–Kier alpha value is -3.10. The Kier molecular flexibility index (Phi) is 4.24. The minimum absolute atomic E-state index is 0.0339. The number of rotatable bonds is 4. The van der Waals surface area contributed by atoms with E-state index in [4.69, 9.17) is 9.47 Å². The molecular weight excluding hydrogens is 362 g/mol. The van der Waals surface area contributed by atoms with E-state index in [1.54, 1.807) is 31.0 Å². The molecule has 9 nitrogen and oxygen atoms in total. The van der Waals surface area contributed by atoms with E-state index < -0.39 is 0 Å². The molecule has 1 fully saturated rings. The summed E-state index contributed by atoms with van der Waals surface area (Å²) in [5.41, 5.74) is 0.994. The molecule has 2 aromatic rings. The third kappa shape index (κ3) is 3.51. The summed E-state index contributed by atoms with van der Waals surface area (Å²) in [4.78, 5) is 27.2. The molecule has 1 aromatic carbocycles. The van der Waals surface area contributed by atoms with Crippen molar-refractivity contribution in [1.82, 2.24) is 19.9 Å². The van der Waals surface area contributed by atoms with E-state index in [1.807, 2.05) is 13.8 Å². The number of amides is 2. The van der Waals surface area contributed by atoms with Crippen LogP contribution in [0.5, 0.6) is 11.5 Å². The summed E-state index contributed by atoms with van der Waals surface area (Å²) in [6.45, 7) is 6.63. The Balaban J connectivity index is 1.58. The van der Waals surface area contributed by atoms with Crippen molar-refractivity contribution in [1.29, 1.82) is 0 Å². The van der Waals surface area contributed by atoms with Gasteiger partial charge < -0.3 is 19.7 Å². The zero-order valence-electron chi connectivity index (χ0n) is 16.4. The van der Waals surface area contributed by atoms with Gasteiger partial charge in [-0.15, -0.1) is 5.10 Å². The number of hydrogen-bond acceptors (Lipinski definition) is 6. The number of aromatic nitrogens is 3. The summed E-state index contributed by atoms with van der Waals surface area (Å²) in [6.07, 6.45) is 2.08. The predicted molar refractivity (Wildman–Crippen MR) is 100 cm³/mol. The van der Waals surface area contributed by atoms with Crippen LogP contribution in [0, 0.1) is 0 Å². The molecule has 0 unspecified atom stereocenters. The summed E-state index contributed by atoms with van der Waals surface area (Å²) in [5, 5.41) is 10.7. The Labute approximate surface area is 162 Å². The molecule has 9 heteroatoms. The fourth-order valence-corrected chi connectivity index (χ4v) is 3.42. The average Bonchev–Trinajstić information content (AvgIpc) is 3.10. The van der Waals surface area contributed by atoms with Gasteiger partial charge in [-0.1, -0.05) is 0 Å². The van der Waals surface area contributed by atoms with Crippen molar-refractivity contribution < 1.29 is 19.1 Å². The largest absolute Gasteiger partial charge is 0.487 e. The van der Waals surface area contributed by atoms with E-state index in [0.717, 1.165) is 5.56 Å². The Morgan fingerprint density at radius 3 is 2.71 bits per heavy atom. The molecule has 0 aliphatic carbocycles. The number of fused-ring (bicyclic) bond motifs is 1. The topological polar surface area (TPSA) is 98.6 Å². The van der Waals surface area contributed by atoms with E-state index in [0.29, 0.717) is 42.4 Å². The van der Waals surface area contributed by atoms with Crippen LogP contribution in [0.25, 0.3) is 0 Å². The molecule has 1 aromatic heterocycles. The normalized spacial score (nSPS) is 17.5. The van der Waals surface area contributed by atoms with Crippen LogP contribution < -0.4 is 14.8 Å². The van der Waals surface area contributed by atoms with Gasteiger partial charge in [0.15, 0.2) is 5.82 Å². The van der Waals surface area contributed by atoms with E-state index in [2.05, 4.69) is 15.5 Å². The van der Waals surface area contributed by atoms with Gasteiger partial charge in [-0.05, 0) is 26.0 Å². The van der Waals surface area contributed by atoms with E-state index in [9.17, 15) is 9.59 Å². The SMILES string of the molecule is CC(=O)N1CC(Oc2cc(C(=O)Nc3cnn(C)n3)cc3c2CC(C)(C)O3)C1. The second-order valence-corrected chi connectivity index (χ2v) is 7.83. The first-order valence-electron chi connectivity index (χ1n) is 9.16. The summed E-state index contributed by atoms with van der Waals surface area (Å²) in [7, 11) is 1.68. The van der Waals surface area contributed by atoms with Crippen molar-refractivity contribution in [2.75, 3.05) is 18.4 Å². The Morgan fingerprint density at radius 1 is 1.32 bits per heavy atom. The number of nitrogens with zero attached hydrogens (tertiary/aromatic N) is 4. The molecule has 2 aliphatic heterocycles. The summed E-state index contributed by atoms with van der Waals surface area (Å²) < 4.78 is 12.1. The second kappa shape index (κ2) is 6.50. The quantitative estimate of drug-likeness (QED) is 0.854. The van der Waals surface area contributed by atoms with Crippen LogP contribution in [0.15, 0.2) is 18.3 Å². The molecule has 1 saturated heterocycles. The molecular formula is C19H23N5O4. The van der Waals surface area contributed by atoms with Crippen molar-refractivity contribution >= 4 is 17.6 Å². The number of carbonyl (C=O) groups excluding carboxylic acids is 2. The van der Waals surface area contributed by atoms with Crippen LogP contribution in [-0.2, 0) is 18.3 Å².